The largest absolute Gasteiger partial charge is 0.481 e. The van der Waals surface area contributed by atoms with Gasteiger partial charge in [-0.2, -0.15) is 0 Å². The van der Waals surface area contributed by atoms with Gasteiger partial charge in [0.25, 0.3) is 0 Å². The van der Waals surface area contributed by atoms with E-state index < -0.39 is 11.4 Å². The number of carboxylic acid groups (broad SMARTS) is 1. The molecule has 1 aliphatic heterocycles. The third kappa shape index (κ3) is 2.33. The summed E-state index contributed by atoms with van der Waals surface area (Å²) in [5, 5.41) is 9.56. The molecule has 1 saturated heterocycles. The molecule has 0 radical (unpaired) electrons. The number of rotatable bonds is 3. The Balaban J connectivity index is 2.13. The Morgan fingerprint density at radius 3 is 2.30 bits per heavy atom. The standard InChI is InChI=1S/C16H27NO3/c1-11(2)16(14(19)20)8-9-17(10-16)13(18)12-6-5-7-15(12,3)4/h11-12H,5-10H2,1-4H3,(H,19,20). The van der Waals surface area contributed by atoms with Gasteiger partial charge in [-0.15, -0.1) is 0 Å². The molecule has 0 aromatic heterocycles. The molecule has 0 bridgehead atoms. The van der Waals surface area contributed by atoms with Gasteiger partial charge in [0.2, 0.25) is 5.91 Å². The Bertz CT molecular complexity index is 416. The number of amides is 1. The van der Waals surface area contributed by atoms with E-state index in [1.54, 1.807) is 0 Å². The van der Waals surface area contributed by atoms with E-state index >= 15 is 0 Å². The zero-order valence-electron chi connectivity index (χ0n) is 13.1. The first-order valence-electron chi connectivity index (χ1n) is 7.73. The molecule has 2 aliphatic rings. The second-order valence-corrected chi connectivity index (χ2v) is 7.56. The topological polar surface area (TPSA) is 57.6 Å². The third-order valence-electron chi connectivity index (χ3n) is 5.70. The van der Waals surface area contributed by atoms with Crippen molar-refractivity contribution >= 4 is 11.9 Å². The maximum absolute atomic E-state index is 12.7. The normalized spacial score (nSPS) is 32.9. The van der Waals surface area contributed by atoms with Crippen LogP contribution < -0.4 is 0 Å². The van der Waals surface area contributed by atoms with Crippen LogP contribution in [-0.2, 0) is 9.59 Å². The van der Waals surface area contributed by atoms with E-state index in [4.69, 9.17) is 0 Å². The van der Waals surface area contributed by atoms with Crippen LogP contribution in [0.2, 0.25) is 0 Å². The summed E-state index contributed by atoms with van der Waals surface area (Å²) in [7, 11) is 0. The van der Waals surface area contributed by atoms with E-state index in [1.807, 2.05) is 18.7 Å². The minimum absolute atomic E-state index is 0.0504. The van der Waals surface area contributed by atoms with Gasteiger partial charge in [0.15, 0.2) is 0 Å². The van der Waals surface area contributed by atoms with Gasteiger partial charge < -0.3 is 10.0 Å². The first-order chi connectivity index (χ1) is 9.20. The summed E-state index contributed by atoms with van der Waals surface area (Å²) in [6, 6.07) is 0. The van der Waals surface area contributed by atoms with Crippen molar-refractivity contribution in [3.05, 3.63) is 0 Å². The van der Waals surface area contributed by atoms with Crippen LogP contribution in [0.1, 0.15) is 53.4 Å². The fourth-order valence-electron chi connectivity index (χ4n) is 3.92. The van der Waals surface area contributed by atoms with Crippen LogP contribution in [0.3, 0.4) is 0 Å². The van der Waals surface area contributed by atoms with Crippen molar-refractivity contribution in [1.82, 2.24) is 4.90 Å². The number of carbonyl (C=O) groups excluding carboxylic acids is 1. The minimum Gasteiger partial charge on any atom is -0.481 e. The van der Waals surface area contributed by atoms with E-state index in [0.29, 0.717) is 19.5 Å². The molecule has 0 aromatic carbocycles. The quantitative estimate of drug-likeness (QED) is 0.865. The lowest BCUT2D eigenvalue weighted by molar-refractivity contribution is -0.151. The number of hydrogen-bond acceptors (Lipinski definition) is 2. The molecule has 0 spiro atoms. The number of hydrogen-bond donors (Lipinski definition) is 1. The van der Waals surface area contributed by atoms with Gasteiger partial charge in [-0.05, 0) is 30.6 Å². The molecule has 2 fully saturated rings. The second-order valence-electron chi connectivity index (χ2n) is 7.56. The van der Waals surface area contributed by atoms with E-state index in [0.717, 1.165) is 19.3 Å². The van der Waals surface area contributed by atoms with Gasteiger partial charge in [0.05, 0.1) is 5.41 Å². The predicted octanol–water partition coefficient (Wildman–Crippen LogP) is 2.77. The Kier molecular flexibility index (Phi) is 3.87. The van der Waals surface area contributed by atoms with Crippen LogP contribution in [-0.4, -0.2) is 35.0 Å². The first kappa shape index (κ1) is 15.3. The molecule has 20 heavy (non-hydrogen) atoms. The van der Waals surface area contributed by atoms with Crippen molar-refractivity contribution in [2.24, 2.45) is 22.7 Å². The van der Waals surface area contributed by atoms with Crippen molar-refractivity contribution < 1.29 is 14.7 Å². The number of carboxylic acids is 1. The van der Waals surface area contributed by atoms with Crippen molar-refractivity contribution in [2.45, 2.75) is 53.4 Å². The maximum Gasteiger partial charge on any atom is 0.311 e. The van der Waals surface area contributed by atoms with Gasteiger partial charge >= 0.3 is 5.97 Å². The van der Waals surface area contributed by atoms with E-state index in [2.05, 4.69) is 13.8 Å². The molecule has 0 aromatic rings. The molecule has 2 atom stereocenters. The average molecular weight is 281 g/mol. The first-order valence-corrected chi connectivity index (χ1v) is 7.73. The van der Waals surface area contributed by atoms with Gasteiger partial charge in [0, 0.05) is 19.0 Å². The van der Waals surface area contributed by atoms with E-state index in [-0.39, 0.29) is 23.2 Å². The molecule has 2 rings (SSSR count). The van der Waals surface area contributed by atoms with Crippen LogP contribution in [0.5, 0.6) is 0 Å². The van der Waals surface area contributed by atoms with Crippen LogP contribution in [0.15, 0.2) is 0 Å². The van der Waals surface area contributed by atoms with Crippen LogP contribution >= 0.6 is 0 Å². The highest BCUT2D eigenvalue weighted by atomic mass is 16.4. The highest BCUT2D eigenvalue weighted by molar-refractivity contribution is 5.83. The van der Waals surface area contributed by atoms with Crippen LogP contribution in [0, 0.1) is 22.7 Å². The Morgan fingerprint density at radius 1 is 1.25 bits per heavy atom. The Morgan fingerprint density at radius 2 is 1.90 bits per heavy atom. The van der Waals surface area contributed by atoms with E-state index in [9.17, 15) is 14.7 Å². The lowest BCUT2D eigenvalue weighted by Gasteiger charge is -2.32. The van der Waals surface area contributed by atoms with Gasteiger partial charge in [-0.1, -0.05) is 34.1 Å². The second kappa shape index (κ2) is 5.05. The average Bonchev–Trinajstić information content (AvgIpc) is 2.92. The highest BCUT2D eigenvalue weighted by Crippen LogP contribution is 2.45. The summed E-state index contributed by atoms with van der Waals surface area (Å²) in [6.07, 6.45) is 3.72. The molecule has 1 aliphatic carbocycles. The van der Waals surface area contributed by atoms with Gasteiger partial charge in [-0.25, -0.2) is 0 Å². The summed E-state index contributed by atoms with van der Waals surface area (Å²) < 4.78 is 0. The minimum atomic E-state index is -0.756. The number of nitrogens with zero attached hydrogens (tertiary/aromatic N) is 1. The summed E-state index contributed by atoms with van der Waals surface area (Å²) in [4.78, 5) is 26.2. The van der Waals surface area contributed by atoms with Crippen LogP contribution in [0.25, 0.3) is 0 Å². The molecule has 1 saturated carbocycles. The molecule has 4 nitrogen and oxygen atoms in total. The fourth-order valence-corrected chi connectivity index (χ4v) is 3.92. The molecule has 4 heteroatoms. The Hall–Kier alpha value is -1.06. The smallest absolute Gasteiger partial charge is 0.311 e. The fraction of sp³-hybridized carbons (Fsp3) is 0.875. The molecule has 1 N–H and O–H groups in total. The molecule has 1 heterocycles. The third-order valence-corrected chi connectivity index (χ3v) is 5.70. The highest BCUT2D eigenvalue weighted by Gasteiger charge is 2.50. The van der Waals surface area contributed by atoms with Gasteiger partial charge in [-0.3, -0.25) is 9.59 Å². The summed E-state index contributed by atoms with van der Waals surface area (Å²) >= 11 is 0. The van der Waals surface area contributed by atoms with Crippen molar-refractivity contribution in [3.63, 3.8) is 0 Å². The van der Waals surface area contributed by atoms with Crippen molar-refractivity contribution in [3.8, 4) is 0 Å². The van der Waals surface area contributed by atoms with Crippen LogP contribution in [0.4, 0.5) is 0 Å². The summed E-state index contributed by atoms with van der Waals surface area (Å²) in [5.74, 6) is -0.460. The lowest BCUT2D eigenvalue weighted by atomic mass is 9.76. The SMILES string of the molecule is CC(C)C1(C(=O)O)CCN(C(=O)C2CCCC2(C)C)C1. The number of aliphatic carboxylic acids is 1. The van der Waals surface area contributed by atoms with Crippen molar-refractivity contribution in [1.29, 1.82) is 0 Å². The zero-order chi connectivity index (χ0) is 15.1. The summed E-state index contributed by atoms with van der Waals surface area (Å²) in [6.45, 7) is 9.18. The lowest BCUT2D eigenvalue weighted by Crippen LogP contribution is -2.43. The van der Waals surface area contributed by atoms with Gasteiger partial charge in [0.1, 0.15) is 0 Å². The molecular formula is C16H27NO3. The maximum atomic E-state index is 12.7. The van der Waals surface area contributed by atoms with Crippen molar-refractivity contribution in [2.75, 3.05) is 13.1 Å². The monoisotopic (exact) mass is 281 g/mol. The molecule has 114 valence electrons. The molecular weight excluding hydrogens is 254 g/mol. The number of likely N-dealkylation sites (tertiary alicyclic amines) is 1. The predicted molar refractivity (Wildman–Crippen MR) is 77.2 cm³/mol. The molecule has 1 amide bonds. The summed E-state index contributed by atoms with van der Waals surface area (Å²) in [5.41, 5.74) is -0.693. The number of carbonyl (C=O) groups is 2. The zero-order valence-corrected chi connectivity index (χ0v) is 13.1. The van der Waals surface area contributed by atoms with E-state index in [1.165, 1.54) is 0 Å². The Labute approximate surface area is 121 Å². The molecule has 2 unspecified atom stereocenters.